The molecular weight excluding hydrogens is 361 g/mol. The third-order valence-electron chi connectivity index (χ3n) is 3.97. The lowest BCUT2D eigenvalue weighted by Gasteiger charge is -2.14. The van der Waals surface area contributed by atoms with Crippen molar-refractivity contribution in [1.82, 2.24) is 14.3 Å². The normalized spacial score (nSPS) is 12.9. The summed E-state index contributed by atoms with van der Waals surface area (Å²) in [5, 5.41) is 4.33. The lowest BCUT2D eigenvalue weighted by Crippen LogP contribution is -3.07. The maximum Gasteiger partial charge on any atom is 0.416 e. The Morgan fingerprint density at radius 1 is 1.04 bits per heavy atom. The van der Waals surface area contributed by atoms with Crippen LogP contribution in [0, 0.1) is 4.77 Å². The summed E-state index contributed by atoms with van der Waals surface area (Å²) < 4.78 is 42.0. The first-order chi connectivity index (χ1) is 12.3. The van der Waals surface area contributed by atoms with E-state index in [2.05, 4.69) is 5.10 Å². The molecule has 3 aromatic rings. The second-order valence-electron chi connectivity index (χ2n) is 6.11. The number of alkyl halides is 3. The second kappa shape index (κ2) is 7.43. The van der Waals surface area contributed by atoms with E-state index >= 15 is 0 Å². The van der Waals surface area contributed by atoms with E-state index in [-0.39, 0.29) is 0 Å². The summed E-state index contributed by atoms with van der Waals surface area (Å²) in [5.74, 6) is 0. The van der Waals surface area contributed by atoms with Crippen molar-refractivity contribution >= 4 is 12.2 Å². The molecule has 26 heavy (non-hydrogen) atoms. The molecule has 0 saturated carbocycles. The van der Waals surface area contributed by atoms with Crippen molar-refractivity contribution in [2.75, 3.05) is 7.05 Å². The van der Waals surface area contributed by atoms with Gasteiger partial charge in [-0.05, 0) is 36.5 Å². The van der Waals surface area contributed by atoms with Gasteiger partial charge in [-0.3, -0.25) is 4.57 Å². The molecule has 2 aromatic carbocycles. The minimum absolute atomic E-state index is 0.514. The van der Waals surface area contributed by atoms with Gasteiger partial charge in [0.15, 0.2) is 6.67 Å². The Hall–Kier alpha value is -2.45. The zero-order chi connectivity index (χ0) is 18.7. The Balaban J connectivity index is 1.68. The smallest absolute Gasteiger partial charge is 0.315 e. The van der Waals surface area contributed by atoms with Crippen LogP contribution < -0.4 is 4.90 Å². The molecule has 0 saturated heterocycles. The highest BCUT2D eigenvalue weighted by Gasteiger charge is 2.30. The zero-order valence-electron chi connectivity index (χ0n) is 14.1. The number of quaternary nitrogens is 1. The summed E-state index contributed by atoms with van der Waals surface area (Å²) >= 11 is 5.47. The fraction of sp³-hybridized carbons (Fsp3) is 0.222. The van der Waals surface area contributed by atoms with Gasteiger partial charge < -0.3 is 4.90 Å². The van der Waals surface area contributed by atoms with Crippen LogP contribution in [-0.2, 0) is 19.4 Å². The van der Waals surface area contributed by atoms with Gasteiger partial charge in [-0.25, -0.2) is 0 Å². The summed E-state index contributed by atoms with van der Waals surface area (Å²) in [6.45, 7) is 1.08. The second-order valence-corrected chi connectivity index (χ2v) is 6.47. The fourth-order valence-corrected chi connectivity index (χ4v) is 2.95. The molecule has 0 aliphatic heterocycles. The van der Waals surface area contributed by atoms with E-state index < -0.39 is 11.7 Å². The van der Waals surface area contributed by atoms with E-state index in [0.29, 0.717) is 18.0 Å². The minimum atomic E-state index is -4.31. The molecule has 0 fully saturated rings. The van der Waals surface area contributed by atoms with Gasteiger partial charge in [0.1, 0.15) is 12.9 Å². The van der Waals surface area contributed by atoms with E-state index in [9.17, 15) is 13.2 Å². The van der Waals surface area contributed by atoms with Gasteiger partial charge in [0.05, 0.1) is 12.6 Å². The number of hydrogen-bond donors (Lipinski definition) is 1. The number of halogens is 3. The Kier molecular flexibility index (Phi) is 5.24. The number of hydrogen-bond acceptors (Lipinski definition) is 2. The molecule has 0 aliphatic rings. The largest absolute Gasteiger partial charge is 0.416 e. The van der Waals surface area contributed by atoms with Gasteiger partial charge in [-0.1, -0.05) is 30.3 Å². The van der Waals surface area contributed by atoms with Gasteiger partial charge in [-0.15, -0.1) is 0 Å². The van der Waals surface area contributed by atoms with Crippen LogP contribution in [0.25, 0.3) is 5.69 Å². The Morgan fingerprint density at radius 2 is 1.69 bits per heavy atom. The molecule has 1 heterocycles. The van der Waals surface area contributed by atoms with E-state index in [1.165, 1.54) is 12.1 Å². The van der Waals surface area contributed by atoms with Gasteiger partial charge in [0.2, 0.25) is 4.77 Å². The predicted octanol–water partition coefficient (Wildman–Crippen LogP) is 3.09. The topological polar surface area (TPSA) is 27.2 Å². The van der Waals surface area contributed by atoms with Crippen LogP contribution >= 0.6 is 12.2 Å². The van der Waals surface area contributed by atoms with E-state index in [1.54, 1.807) is 11.0 Å². The standard InChI is InChI=1S/C18H17F3N4S/c1-23(11-14-7-9-15(10-8-14)18(19,20)21)13-25-17(26)24(12-22-25)16-5-3-2-4-6-16/h2-10,12H,11,13H2,1H3/p+1. The highest BCUT2D eigenvalue weighted by atomic mass is 32.1. The van der Waals surface area contributed by atoms with Crippen LogP contribution in [0.2, 0.25) is 0 Å². The first-order valence-electron chi connectivity index (χ1n) is 8.02. The van der Waals surface area contributed by atoms with Crippen molar-refractivity contribution in [3.63, 3.8) is 0 Å². The summed E-state index contributed by atoms with van der Waals surface area (Å²) in [5.41, 5.74) is 1.12. The SMILES string of the molecule is C[NH+](Cc1ccc(C(F)(F)F)cc1)Cn1ncn(-c2ccccc2)c1=S. The quantitative estimate of drug-likeness (QED) is 0.690. The Labute approximate surface area is 154 Å². The van der Waals surface area contributed by atoms with Crippen molar-refractivity contribution in [2.45, 2.75) is 19.4 Å². The summed E-state index contributed by atoms with van der Waals surface area (Å²) in [4.78, 5) is 1.05. The van der Waals surface area contributed by atoms with Crippen molar-refractivity contribution in [3.05, 3.63) is 76.8 Å². The van der Waals surface area contributed by atoms with Gasteiger partial charge >= 0.3 is 6.18 Å². The van der Waals surface area contributed by atoms with Crippen molar-refractivity contribution in [3.8, 4) is 5.69 Å². The van der Waals surface area contributed by atoms with Crippen LogP contribution in [0.4, 0.5) is 13.2 Å². The average molecular weight is 379 g/mol. The molecule has 0 amide bonds. The summed E-state index contributed by atoms with van der Waals surface area (Å²) in [6.07, 6.45) is -2.64. The zero-order valence-corrected chi connectivity index (χ0v) is 14.9. The summed E-state index contributed by atoms with van der Waals surface area (Å²) in [7, 11) is 1.95. The number of rotatable bonds is 5. The average Bonchev–Trinajstić information content (AvgIpc) is 2.96. The lowest BCUT2D eigenvalue weighted by atomic mass is 10.1. The van der Waals surface area contributed by atoms with Gasteiger partial charge in [-0.2, -0.15) is 23.0 Å². The van der Waals surface area contributed by atoms with E-state index in [0.717, 1.165) is 28.3 Å². The molecule has 1 atom stereocenters. The van der Waals surface area contributed by atoms with Crippen molar-refractivity contribution < 1.29 is 18.1 Å². The highest BCUT2D eigenvalue weighted by molar-refractivity contribution is 7.71. The Bertz CT molecular complexity index is 914. The number of nitrogens with one attached hydrogen (secondary N) is 1. The molecule has 8 heteroatoms. The fourth-order valence-electron chi connectivity index (χ4n) is 2.68. The predicted molar refractivity (Wildman–Crippen MR) is 94.4 cm³/mol. The number of para-hydroxylation sites is 1. The molecule has 4 nitrogen and oxygen atoms in total. The molecule has 0 aliphatic carbocycles. The van der Waals surface area contributed by atoms with Crippen LogP contribution in [0.1, 0.15) is 11.1 Å². The molecule has 0 spiro atoms. The molecule has 1 unspecified atom stereocenters. The first-order valence-corrected chi connectivity index (χ1v) is 8.43. The molecule has 136 valence electrons. The summed E-state index contributed by atoms with van der Waals surface area (Å²) in [6, 6.07) is 14.9. The van der Waals surface area contributed by atoms with E-state index in [1.807, 2.05) is 41.9 Å². The first kappa shape index (κ1) is 18.3. The maximum atomic E-state index is 12.6. The molecule has 1 N–H and O–H groups in total. The van der Waals surface area contributed by atoms with Crippen LogP contribution in [0.15, 0.2) is 60.9 Å². The molecule has 0 bridgehead atoms. The van der Waals surface area contributed by atoms with Crippen LogP contribution in [-0.4, -0.2) is 21.4 Å². The third kappa shape index (κ3) is 4.20. The monoisotopic (exact) mass is 379 g/mol. The Morgan fingerprint density at radius 3 is 2.31 bits per heavy atom. The number of nitrogens with zero attached hydrogens (tertiary/aromatic N) is 3. The number of benzene rings is 2. The molecular formula is C18H18F3N4S+. The van der Waals surface area contributed by atoms with Crippen molar-refractivity contribution in [2.24, 2.45) is 0 Å². The number of aromatic nitrogens is 3. The van der Waals surface area contributed by atoms with Gasteiger partial charge in [0.25, 0.3) is 0 Å². The van der Waals surface area contributed by atoms with E-state index in [4.69, 9.17) is 12.2 Å². The molecule has 1 aromatic heterocycles. The third-order valence-corrected chi connectivity index (χ3v) is 4.38. The minimum Gasteiger partial charge on any atom is -0.315 e. The molecule has 3 rings (SSSR count). The van der Waals surface area contributed by atoms with Crippen LogP contribution in [0.3, 0.4) is 0 Å². The van der Waals surface area contributed by atoms with Crippen LogP contribution in [0.5, 0.6) is 0 Å². The van der Waals surface area contributed by atoms with Crippen molar-refractivity contribution in [1.29, 1.82) is 0 Å². The maximum absolute atomic E-state index is 12.6. The van der Waals surface area contributed by atoms with Gasteiger partial charge in [0, 0.05) is 11.3 Å². The lowest BCUT2D eigenvalue weighted by molar-refractivity contribution is -0.917. The highest BCUT2D eigenvalue weighted by Crippen LogP contribution is 2.28. The molecule has 0 radical (unpaired) electrons.